The Morgan fingerprint density at radius 3 is 2.44 bits per heavy atom. The number of halogens is 1. The molecule has 0 fully saturated rings. The summed E-state index contributed by atoms with van der Waals surface area (Å²) in [5, 5.41) is 23.6. The van der Waals surface area contributed by atoms with E-state index in [1.807, 2.05) is 77.6 Å². The second-order valence-corrected chi connectivity index (χ2v) is 7.65. The minimum atomic E-state index is 0. The largest absolute Gasteiger partial charge is 0.310 e. The molecule has 0 saturated heterocycles. The maximum Gasteiger partial charge on any atom is 0.174 e. The molecule has 0 amide bonds. The van der Waals surface area contributed by atoms with E-state index in [1.54, 1.807) is 0 Å². The van der Waals surface area contributed by atoms with Gasteiger partial charge in [0.25, 0.3) is 0 Å². The topological polar surface area (TPSA) is 72.3 Å². The van der Waals surface area contributed by atoms with Gasteiger partial charge in [0.2, 0.25) is 0 Å². The highest BCUT2D eigenvalue weighted by atomic mass is 35.5. The van der Waals surface area contributed by atoms with Gasteiger partial charge >= 0.3 is 0 Å². The summed E-state index contributed by atoms with van der Waals surface area (Å²) in [6.07, 6.45) is 8.14. The van der Waals surface area contributed by atoms with Crippen LogP contribution in [0.3, 0.4) is 0 Å². The molecule has 0 unspecified atom stereocenters. The zero-order valence-electron chi connectivity index (χ0n) is 17.6. The summed E-state index contributed by atoms with van der Waals surface area (Å²) >= 11 is 0. The predicted octanol–water partition coefficient (Wildman–Crippen LogP) is 5.34. The molecule has 0 spiro atoms. The normalized spacial score (nSPS) is 13.5. The first-order valence-electron chi connectivity index (χ1n) is 10.6. The van der Waals surface area contributed by atoms with Crippen LogP contribution in [0.1, 0.15) is 36.5 Å². The minimum Gasteiger partial charge on any atom is -0.310 e. The molecule has 160 valence electrons. The Morgan fingerprint density at radius 2 is 1.69 bits per heavy atom. The van der Waals surface area contributed by atoms with Crippen molar-refractivity contribution >= 4 is 24.1 Å². The van der Waals surface area contributed by atoms with Crippen LogP contribution in [-0.4, -0.2) is 24.5 Å². The number of para-hydroxylation sites is 1. The van der Waals surface area contributed by atoms with Gasteiger partial charge in [0.05, 0.1) is 17.0 Å². The standard InChI is InChI=1S/C25H22N6.ClH/c26-17-20(25-28-27-23-14-8-3-9-15-30(23)25)16-21-18-31(22-12-6-2-7-13-22)29-24(21)19-10-4-1-5-11-19;/h1-2,4-7,10-13,16,18H,3,8-9,14-15H2;1H/b20-16+;. The molecule has 32 heavy (non-hydrogen) atoms. The Labute approximate surface area is 193 Å². The number of rotatable bonds is 4. The molecule has 0 aliphatic carbocycles. The highest BCUT2D eigenvalue weighted by Gasteiger charge is 2.19. The number of nitrogens with zero attached hydrogens (tertiary/aromatic N) is 6. The maximum atomic E-state index is 9.99. The van der Waals surface area contributed by atoms with Gasteiger partial charge in [-0.05, 0) is 31.1 Å². The molecule has 6 nitrogen and oxygen atoms in total. The van der Waals surface area contributed by atoms with Gasteiger partial charge in [0.15, 0.2) is 5.82 Å². The highest BCUT2D eigenvalue weighted by Crippen LogP contribution is 2.28. The molecule has 4 aromatic rings. The molecule has 3 heterocycles. The summed E-state index contributed by atoms with van der Waals surface area (Å²) in [4.78, 5) is 0. The molecule has 2 aromatic heterocycles. The van der Waals surface area contributed by atoms with E-state index >= 15 is 0 Å². The van der Waals surface area contributed by atoms with Crippen molar-refractivity contribution in [1.82, 2.24) is 24.5 Å². The monoisotopic (exact) mass is 442 g/mol. The smallest absolute Gasteiger partial charge is 0.174 e. The molecule has 0 bridgehead atoms. The van der Waals surface area contributed by atoms with E-state index in [0.29, 0.717) is 11.4 Å². The number of allylic oxidation sites excluding steroid dienone is 1. The van der Waals surface area contributed by atoms with Gasteiger partial charge in [-0.3, -0.25) is 0 Å². The zero-order chi connectivity index (χ0) is 21.0. The van der Waals surface area contributed by atoms with Crippen molar-refractivity contribution in [3.8, 4) is 23.0 Å². The number of nitriles is 1. The summed E-state index contributed by atoms with van der Waals surface area (Å²) in [6, 6.07) is 22.4. The van der Waals surface area contributed by atoms with Gasteiger partial charge in [-0.25, -0.2) is 4.68 Å². The molecule has 0 N–H and O–H groups in total. The third kappa shape index (κ3) is 4.20. The van der Waals surface area contributed by atoms with Crippen LogP contribution in [0.25, 0.3) is 28.6 Å². The second-order valence-electron chi connectivity index (χ2n) is 7.65. The fourth-order valence-electron chi connectivity index (χ4n) is 4.01. The van der Waals surface area contributed by atoms with Gasteiger partial charge in [0, 0.05) is 30.3 Å². The SMILES string of the molecule is Cl.N#C/C(=C\c1cn(-c2ccccc2)nc1-c1ccccc1)c1nnc2n1CCCCC2. The van der Waals surface area contributed by atoms with E-state index in [1.165, 1.54) is 6.42 Å². The van der Waals surface area contributed by atoms with E-state index in [2.05, 4.69) is 20.8 Å². The molecule has 2 aromatic carbocycles. The van der Waals surface area contributed by atoms with E-state index < -0.39 is 0 Å². The number of aromatic nitrogens is 5. The summed E-state index contributed by atoms with van der Waals surface area (Å²) in [5.41, 5.74) is 4.17. The lowest BCUT2D eigenvalue weighted by Crippen LogP contribution is -2.05. The number of hydrogen-bond donors (Lipinski definition) is 0. The quantitative estimate of drug-likeness (QED) is 0.400. The van der Waals surface area contributed by atoms with Crippen molar-refractivity contribution in [1.29, 1.82) is 5.26 Å². The van der Waals surface area contributed by atoms with Crippen LogP contribution in [0, 0.1) is 11.3 Å². The number of fused-ring (bicyclic) bond motifs is 1. The lowest BCUT2D eigenvalue weighted by atomic mass is 10.1. The van der Waals surface area contributed by atoms with E-state index in [-0.39, 0.29) is 12.4 Å². The zero-order valence-corrected chi connectivity index (χ0v) is 18.4. The van der Waals surface area contributed by atoms with Crippen molar-refractivity contribution in [3.05, 3.63) is 84.1 Å². The first-order valence-corrected chi connectivity index (χ1v) is 10.6. The van der Waals surface area contributed by atoms with E-state index in [4.69, 9.17) is 5.10 Å². The molecule has 0 atom stereocenters. The Hall–Kier alpha value is -3.69. The molecule has 5 rings (SSSR count). The van der Waals surface area contributed by atoms with Crippen LogP contribution in [0.5, 0.6) is 0 Å². The van der Waals surface area contributed by atoms with Gasteiger partial charge in [0.1, 0.15) is 11.9 Å². The van der Waals surface area contributed by atoms with Crippen molar-refractivity contribution in [3.63, 3.8) is 0 Å². The van der Waals surface area contributed by atoms with Crippen molar-refractivity contribution in [2.45, 2.75) is 32.2 Å². The maximum absolute atomic E-state index is 9.99. The van der Waals surface area contributed by atoms with Gasteiger partial charge in [-0.2, -0.15) is 10.4 Å². The van der Waals surface area contributed by atoms with Crippen LogP contribution < -0.4 is 0 Å². The first-order chi connectivity index (χ1) is 15.3. The van der Waals surface area contributed by atoms with E-state index in [9.17, 15) is 5.26 Å². The average Bonchev–Trinajstić information content (AvgIpc) is 3.35. The van der Waals surface area contributed by atoms with Crippen LogP contribution in [0.2, 0.25) is 0 Å². The fraction of sp³-hybridized carbons (Fsp3) is 0.200. The summed E-state index contributed by atoms with van der Waals surface area (Å²) < 4.78 is 3.96. The third-order valence-electron chi connectivity index (χ3n) is 5.58. The van der Waals surface area contributed by atoms with Crippen LogP contribution >= 0.6 is 12.4 Å². The highest BCUT2D eigenvalue weighted by molar-refractivity contribution is 5.90. The molecular formula is C25H23ClN6. The molecule has 0 saturated carbocycles. The molecule has 0 radical (unpaired) electrons. The average molecular weight is 443 g/mol. The predicted molar refractivity (Wildman–Crippen MR) is 127 cm³/mol. The van der Waals surface area contributed by atoms with Crippen molar-refractivity contribution in [2.24, 2.45) is 0 Å². The Morgan fingerprint density at radius 1 is 0.938 bits per heavy atom. The summed E-state index contributed by atoms with van der Waals surface area (Å²) in [6.45, 7) is 0.853. The lowest BCUT2D eigenvalue weighted by Gasteiger charge is -2.06. The van der Waals surface area contributed by atoms with Crippen molar-refractivity contribution in [2.75, 3.05) is 0 Å². The molecule has 7 heteroatoms. The molecule has 1 aliphatic heterocycles. The first kappa shape index (κ1) is 21.5. The van der Waals surface area contributed by atoms with Gasteiger partial charge in [-0.1, -0.05) is 55.0 Å². The molecular weight excluding hydrogens is 420 g/mol. The van der Waals surface area contributed by atoms with Crippen molar-refractivity contribution < 1.29 is 0 Å². The summed E-state index contributed by atoms with van der Waals surface area (Å²) in [7, 11) is 0. The minimum absolute atomic E-state index is 0. The van der Waals surface area contributed by atoms with E-state index in [0.717, 1.165) is 54.1 Å². The Balaban J connectivity index is 0.00000245. The van der Waals surface area contributed by atoms with Gasteiger partial charge in [-0.15, -0.1) is 22.6 Å². The summed E-state index contributed by atoms with van der Waals surface area (Å²) in [5.74, 6) is 1.61. The Kier molecular flexibility index (Phi) is 6.48. The number of hydrogen-bond acceptors (Lipinski definition) is 4. The lowest BCUT2D eigenvalue weighted by molar-refractivity contribution is 0.627. The number of aryl methyl sites for hydroxylation is 1. The number of benzene rings is 2. The Bertz CT molecular complexity index is 1270. The second kappa shape index (κ2) is 9.63. The fourth-order valence-corrected chi connectivity index (χ4v) is 4.01. The van der Waals surface area contributed by atoms with Crippen LogP contribution in [-0.2, 0) is 13.0 Å². The van der Waals surface area contributed by atoms with Crippen LogP contribution in [0.15, 0.2) is 66.9 Å². The van der Waals surface area contributed by atoms with Gasteiger partial charge < -0.3 is 4.57 Å². The van der Waals surface area contributed by atoms with Crippen LogP contribution in [0.4, 0.5) is 0 Å². The third-order valence-corrected chi connectivity index (χ3v) is 5.58. The molecule has 1 aliphatic rings.